The van der Waals surface area contributed by atoms with Crippen molar-refractivity contribution in [3.63, 3.8) is 0 Å². The van der Waals surface area contributed by atoms with Gasteiger partial charge in [-0.3, -0.25) is 9.11 Å². The van der Waals surface area contributed by atoms with E-state index in [4.69, 9.17) is 4.74 Å². The van der Waals surface area contributed by atoms with Gasteiger partial charge in [-0.15, -0.1) is 0 Å². The number of likely N-dealkylation sites (N-methyl/N-ethyl adjacent to an activating group) is 1. The van der Waals surface area contributed by atoms with Gasteiger partial charge in [-0.05, 0) is 72.2 Å². The molecule has 1 unspecified atom stereocenters. The standard InChI is InChI=1S/C38H44N2O9S2/c1-36(2,3)23-10-11-24(27(12-23)35(41)42)34-28-13-25-21(19-50(43,44)45)17-37(4,5)39(8)30(25)15-32(28)49-33-16-31-26(14-29(33)34)22(20-51(46,47)48)18-38(6,7)40(31)9/h10-17,22H,18-20H2,1-9H3,(H2-,41,42,43,44,45,46,47,48)/p+1. The van der Waals surface area contributed by atoms with Crippen LogP contribution < -0.4 is 24.8 Å². The van der Waals surface area contributed by atoms with Crippen LogP contribution in [0.1, 0.15) is 99.0 Å². The Bertz CT molecular complexity index is 2420. The van der Waals surface area contributed by atoms with Gasteiger partial charge >= 0.3 is 5.97 Å². The molecule has 0 bridgehead atoms. The van der Waals surface area contributed by atoms with Crippen molar-refractivity contribution >= 4 is 43.0 Å². The number of nitrogens with zero attached hydrogens (tertiary/aromatic N) is 2. The molecule has 0 saturated heterocycles. The van der Waals surface area contributed by atoms with E-state index in [1.165, 1.54) is 0 Å². The highest BCUT2D eigenvalue weighted by molar-refractivity contribution is 7.86. The number of aromatic carboxylic acids is 1. The minimum atomic E-state index is -4.43. The van der Waals surface area contributed by atoms with Crippen molar-refractivity contribution in [2.45, 2.75) is 77.3 Å². The Labute approximate surface area is 299 Å². The summed E-state index contributed by atoms with van der Waals surface area (Å²) in [7, 11) is -5.00. The second-order valence-corrected chi connectivity index (χ2v) is 19.1. The van der Waals surface area contributed by atoms with Crippen molar-refractivity contribution < 1.29 is 40.6 Å². The zero-order chi connectivity index (χ0) is 37.8. The van der Waals surface area contributed by atoms with E-state index < -0.39 is 54.7 Å². The van der Waals surface area contributed by atoms with Gasteiger partial charge in [-0.2, -0.15) is 16.8 Å². The fourth-order valence-electron chi connectivity index (χ4n) is 7.63. The van der Waals surface area contributed by atoms with Crippen molar-refractivity contribution in [2.75, 3.05) is 30.5 Å². The summed E-state index contributed by atoms with van der Waals surface area (Å²) in [5.74, 6) is -2.02. The van der Waals surface area contributed by atoms with Crippen molar-refractivity contribution in [3.8, 4) is 11.5 Å². The van der Waals surface area contributed by atoms with E-state index >= 15 is 0 Å². The third-order valence-corrected chi connectivity index (χ3v) is 12.2. The van der Waals surface area contributed by atoms with E-state index in [0.29, 0.717) is 61.9 Å². The van der Waals surface area contributed by atoms with Gasteiger partial charge in [0, 0.05) is 60.5 Å². The molecule has 0 aromatic heterocycles. The minimum Gasteiger partial charge on any atom is -0.478 e. The highest BCUT2D eigenvalue weighted by Crippen LogP contribution is 2.49. The summed E-state index contributed by atoms with van der Waals surface area (Å²) in [6, 6.07) is 12.6. The highest BCUT2D eigenvalue weighted by atomic mass is 32.2. The summed E-state index contributed by atoms with van der Waals surface area (Å²) in [5.41, 5.74) is 3.11. The predicted molar refractivity (Wildman–Crippen MR) is 198 cm³/mol. The van der Waals surface area contributed by atoms with E-state index in [0.717, 1.165) is 11.3 Å². The molecule has 0 radical (unpaired) electrons. The lowest BCUT2D eigenvalue weighted by atomic mass is 9.78. The Morgan fingerprint density at radius 3 is 2.20 bits per heavy atom. The first kappa shape index (κ1) is 36.7. The molecule has 11 nitrogen and oxygen atoms in total. The smallest absolute Gasteiger partial charge is 0.336 e. The molecule has 3 N–H and O–H groups in total. The van der Waals surface area contributed by atoms with Crippen LogP contribution in [0.3, 0.4) is 0 Å². The molecule has 0 amide bonds. The number of anilines is 1. The van der Waals surface area contributed by atoms with Gasteiger partial charge in [0.05, 0.1) is 22.9 Å². The maximum Gasteiger partial charge on any atom is 0.336 e. The molecule has 3 heterocycles. The first-order valence-corrected chi connectivity index (χ1v) is 19.9. The Balaban J connectivity index is 1.78. The number of hydrogen-bond donors (Lipinski definition) is 3. The second-order valence-electron chi connectivity index (χ2n) is 16.2. The Kier molecular flexibility index (Phi) is 8.46. The SMILES string of the molecule is CN1c2cc3c(cc2C(CS(=O)(=O)O)CC1(C)C)C(c1ccc(C(C)(C)C)cc1C(=O)O)=c1cc2c(cc1O3)=[N+](C)C(C)(C)C=C2CS(=O)(=O)O. The monoisotopic (exact) mass is 737 g/mol. The van der Waals surface area contributed by atoms with Gasteiger partial charge in [0.1, 0.15) is 24.3 Å². The number of benzene rings is 3. The fraction of sp³-hybridized carbons (Fsp3) is 0.421. The number of hydrogen-bond acceptors (Lipinski definition) is 7. The van der Waals surface area contributed by atoms with Crippen LogP contribution in [-0.4, -0.2) is 73.7 Å². The molecule has 3 aliphatic heterocycles. The van der Waals surface area contributed by atoms with Crippen LogP contribution in [-0.2, 0) is 25.7 Å². The van der Waals surface area contributed by atoms with Gasteiger partial charge in [-0.25, -0.2) is 9.37 Å². The van der Waals surface area contributed by atoms with Gasteiger partial charge in [0.15, 0.2) is 5.54 Å². The summed E-state index contributed by atoms with van der Waals surface area (Å²) in [4.78, 5) is 15.1. The average Bonchev–Trinajstić information content (AvgIpc) is 2.97. The second kappa shape index (κ2) is 11.7. The Morgan fingerprint density at radius 1 is 0.941 bits per heavy atom. The zero-order valence-corrected chi connectivity index (χ0v) is 32.0. The summed E-state index contributed by atoms with van der Waals surface area (Å²) in [6.45, 7) is 13.8. The van der Waals surface area contributed by atoms with Crippen LogP contribution in [0.2, 0.25) is 0 Å². The fourth-order valence-corrected chi connectivity index (χ4v) is 9.07. The number of rotatable bonds is 6. The molecule has 3 aliphatic rings. The van der Waals surface area contributed by atoms with Crippen LogP contribution in [0.25, 0.3) is 11.1 Å². The highest BCUT2D eigenvalue weighted by Gasteiger charge is 2.40. The number of carboxylic acid groups (broad SMARTS) is 1. The lowest BCUT2D eigenvalue weighted by Crippen LogP contribution is -2.48. The molecular weight excluding hydrogens is 693 g/mol. The molecular formula is C38H45N2O9S2+. The van der Waals surface area contributed by atoms with Crippen LogP contribution in [0.4, 0.5) is 5.69 Å². The van der Waals surface area contributed by atoms with E-state index in [9.17, 15) is 35.8 Å². The van der Waals surface area contributed by atoms with E-state index in [1.54, 1.807) is 24.3 Å². The number of ether oxygens (including phenoxy) is 1. The van der Waals surface area contributed by atoms with Crippen molar-refractivity contribution in [2.24, 2.45) is 0 Å². The van der Waals surface area contributed by atoms with Crippen LogP contribution in [0.5, 0.6) is 11.5 Å². The van der Waals surface area contributed by atoms with Gasteiger partial charge in [0.2, 0.25) is 5.36 Å². The third-order valence-electron chi connectivity index (χ3n) is 10.7. The number of carbonyl (C=O) groups is 1. The molecule has 0 spiro atoms. The van der Waals surface area contributed by atoms with Crippen molar-refractivity contribution in [1.82, 2.24) is 4.58 Å². The van der Waals surface area contributed by atoms with Crippen LogP contribution in [0.15, 0.2) is 48.5 Å². The van der Waals surface area contributed by atoms with Gasteiger partial charge in [-0.1, -0.05) is 32.9 Å². The topological polar surface area (TPSA) is 162 Å². The van der Waals surface area contributed by atoms with Gasteiger partial charge in [0.25, 0.3) is 20.2 Å². The first-order chi connectivity index (χ1) is 23.3. The van der Waals surface area contributed by atoms with Crippen molar-refractivity contribution in [3.05, 3.63) is 92.5 Å². The number of fused-ring (bicyclic) bond motifs is 4. The third kappa shape index (κ3) is 6.72. The largest absolute Gasteiger partial charge is 0.478 e. The summed E-state index contributed by atoms with van der Waals surface area (Å²) in [6.07, 6.45) is 2.21. The normalized spacial score (nSPS) is 19.3. The molecule has 6 rings (SSSR count). The molecule has 3 aromatic carbocycles. The molecule has 13 heteroatoms. The van der Waals surface area contributed by atoms with E-state index in [1.807, 2.05) is 91.4 Å². The first-order valence-electron chi connectivity index (χ1n) is 16.7. The molecule has 51 heavy (non-hydrogen) atoms. The maximum atomic E-state index is 13.0. The molecule has 272 valence electrons. The lowest BCUT2D eigenvalue weighted by Gasteiger charge is -2.46. The predicted octanol–water partition coefficient (Wildman–Crippen LogP) is 4.81. The number of carboxylic acids is 1. The average molecular weight is 738 g/mol. The molecule has 0 aliphatic carbocycles. The summed E-state index contributed by atoms with van der Waals surface area (Å²) in [5, 5.41) is 11.8. The van der Waals surface area contributed by atoms with Gasteiger partial charge < -0.3 is 14.7 Å². The van der Waals surface area contributed by atoms with Crippen LogP contribution >= 0.6 is 0 Å². The minimum absolute atomic E-state index is 0.0476. The molecule has 1 atom stereocenters. The van der Waals surface area contributed by atoms with E-state index in [2.05, 4.69) is 4.90 Å². The Morgan fingerprint density at radius 2 is 1.61 bits per heavy atom. The quantitative estimate of drug-likeness (QED) is 0.185. The van der Waals surface area contributed by atoms with Crippen molar-refractivity contribution in [1.29, 1.82) is 0 Å². The Hall–Kier alpha value is -4.04. The molecule has 0 saturated carbocycles. The molecule has 0 fully saturated rings. The summed E-state index contributed by atoms with van der Waals surface area (Å²) < 4.78 is 77.7. The molecule has 3 aromatic rings. The summed E-state index contributed by atoms with van der Waals surface area (Å²) >= 11 is 0. The maximum absolute atomic E-state index is 13.0. The lowest BCUT2D eigenvalue weighted by molar-refractivity contribution is 0.0696. The van der Waals surface area contributed by atoms with Crippen LogP contribution in [0, 0.1) is 0 Å². The zero-order valence-electron chi connectivity index (χ0n) is 30.3. The van der Waals surface area contributed by atoms with E-state index in [-0.39, 0.29) is 11.0 Å².